The predicted molar refractivity (Wildman–Crippen MR) is 92.7 cm³/mol. The zero-order chi connectivity index (χ0) is 17.2. The fraction of sp³-hybridized carbons (Fsp3) is 0.188. The Morgan fingerprint density at radius 3 is 2.92 bits per heavy atom. The molecule has 0 bridgehead atoms. The second kappa shape index (κ2) is 6.93. The Labute approximate surface area is 149 Å². The summed E-state index contributed by atoms with van der Waals surface area (Å²) < 4.78 is 31.6. The second-order valence-electron chi connectivity index (χ2n) is 5.27. The first-order valence-corrected chi connectivity index (χ1v) is 9.39. The van der Waals surface area contributed by atoms with Crippen LogP contribution in [0.5, 0.6) is 0 Å². The molecule has 3 aromatic heterocycles. The molecule has 0 saturated heterocycles. The minimum atomic E-state index is -0.895. The number of aryl methyl sites for hydroxylation is 1. The normalized spacial score (nSPS) is 11.4. The lowest BCUT2D eigenvalue weighted by Gasteiger charge is -1.95. The van der Waals surface area contributed by atoms with E-state index in [1.54, 1.807) is 11.3 Å². The maximum Gasteiger partial charge on any atom is 0.227 e. The highest BCUT2D eigenvalue weighted by Crippen LogP contribution is 2.24. The van der Waals surface area contributed by atoms with Crippen LogP contribution in [0, 0.1) is 11.6 Å². The number of rotatable bonds is 6. The Bertz CT molecular complexity index is 958. The van der Waals surface area contributed by atoms with Crippen molar-refractivity contribution in [2.75, 3.05) is 5.75 Å². The molecule has 0 atom stereocenters. The summed E-state index contributed by atoms with van der Waals surface area (Å²) in [6, 6.07) is 6.10. The van der Waals surface area contributed by atoms with E-state index in [9.17, 15) is 8.78 Å². The Morgan fingerprint density at radius 1 is 1.20 bits per heavy atom. The summed E-state index contributed by atoms with van der Waals surface area (Å²) in [6.07, 6.45) is 1.48. The number of aromatic nitrogens is 4. The highest BCUT2D eigenvalue weighted by Gasteiger charge is 2.11. The lowest BCUT2D eigenvalue weighted by atomic mass is 10.3. The molecule has 0 radical (unpaired) electrons. The molecule has 4 rings (SSSR count). The zero-order valence-corrected chi connectivity index (χ0v) is 14.5. The van der Waals surface area contributed by atoms with E-state index >= 15 is 0 Å². The van der Waals surface area contributed by atoms with E-state index in [-0.39, 0.29) is 0 Å². The third-order valence-electron chi connectivity index (χ3n) is 3.49. The van der Waals surface area contributed by atoms with Crippen molar-refractivity contribution >= 4 is 34.1 Å². The molecule has 1 N–H and O–H groups in total. The van der Waals surface area contributed by atoms with Gasteiger partial charge in [-0.25, -0.2) is 13.8 Å². The Morgan fingerprint density at radius 2 is 2.08 bits per heavy atom. The molecule has 25 heavy (non-hydrogen) atoms. The summed E-state index contributed by atoms with van der Waals surface area (Å²) in [5.41, 5.74) is 0.901. The van der Waals surface area contributed by atoms with Crippen LogP contribution in [0.2, 0.25) is 0 Å². The summed E-state index contributed by atoms with van der Waals surface area (Å²) in [6.45, 7) is 0. The van der Waals surface area contributed by atoms with Crippen LogP contribution in [-0.2, 0) is 6.42 Å². The van der Waals surface area contributed by atoms with Crippen LogP contribution in [0.25, 0.3) is 21.7 Å². The van der Waals surface area contributed by atoms with E-state index in [1.165, 1.54) is 11.8 Å². The molecular formula is C16H12F2N4OS2. The number of halogens is 2. The van der Waals surface area contributed by atoms with Gasteiger partial charge in [-0.05, 0) is 17.9 Å². The topological polar surface area (TPSA) is 67.6 Å². The number of hydrogen-bond donors (Lipinski definition) is 1. The maximum atomic E-state index is 13.2. The molecule has 0 saturated carbocycles. The molecule has 0 amide bonds. The fourth-order valence-corrected chi connectivity index (χ4v) is 3.78. The number of hydrogen-bond acceptors (Lipinski definition) is 6. The minimum Gasteiger partial charge on any atom is -0.339 e. The van der Waals surface area contributed by atoms with Crippen LogP contribution in [0.15, 0.2) is 39.3 Å². The minimum absolute atomic E-state index is 0.416. The van der Waals surface area contributed by atoms with Gasteiger partial charge in [-0.3, -0.25) is 0 Å². The van der Waals surface area contributed by atoms with Crippen molar-refractivity contribution in [3.05, 3.63) is 47.2 Å². The number of thioether (sulfide) groups is 1. The number of nitrogens with zero attached hydrogens (tertiary/aromatic N) is 3. The van der Waals surface area contributed by atoms with Gasteiger partial charge in [-0.2, -0.15) is 4.98 Å². The maximum absolute atomic E-state index is 13.2. The van der Waals surface area contributed by atoms with Crippen molar-refractivity contribution in [1.29, 1.82) is 0 Å². The average molecular weight is 378 g/mol. The van der Waals surface area contributed by atoms with Crippen LogP contribution in [-0.4, -0.2) is 25.9 Å². The van der Waals surface area contributed by atoms with Gasteiger partial charge in [0.05, 0.1) is 15.9 Å². The molecule has 1 aromatic carbocycles. The van der Waals surface area contributed by atoms with Crippen LogP contribution in [0.1, 0.15) is 12.3 Å². The third kappa shape index (κ3) is 3.57. The highest BCUT2D eigenvalue weighted by atomic mass is 32.2. The molecule has 0 unspecified atom stereocenters. The Balaban J connectivity index is 1.32. The van der Waals surface area contributed by atoms with Gasteiger partial charge >= 0.3 is 0 Å². The molecule has 0 aliphatic heterocycles. The monoisotopic (exact) mass is 378 g/mol. The van der Waals surface area contributed by atoms with Crippen LogP contribution < -0.4 is 0 Å². The standard InChI is InChI=1S/C16H12F2N4OS2/c17-9-7-11-12(8-10(9)18)20-16(19-11)25-6-2-4-14-21-15(22-23-14)13-3-1-5-24-13/h1,3,5,7-8H,2,4,6H2,(H,19,20). The smallest absolute Gasteiger partial charge is 0.227 e. The van der Waals surface area contributed by atoms with E-state index < -0.39 is 11.6 Å². The highest BCUT2D eigenvalue weighted by molar-refractivity contribution is 7.99. The largest absolute Gasteiger partial charge is 0.339 e. The molecule has 0 aliphatic carbocycles. The summed E-state index contributed by atoms with van der Waals surface area (Å²) in [5.74, 6) is 0.192. The second-order valence-corrected chi connectivity index (χ2v) is 7.30. The van der Waals surface area contributed by atoms with Gasteiger partial charge in [0, 0.05) is 24.3 Å². The molecular weight excluding hydrogens is 366 g/mol. The number of fused-ring (bicyclic) bond motifs is 1. The first kappa shape index (κ1) is 16.2. The molecule has 0 spiro atoms. The number of nitrogens with one attached hydrogen (secondary N) is 1. The van der Waals surface area contributed by atoms with Crippen molar-refractivity contribution in [1.82, 2.24) is 20.1 Å². The summed E-state index contributed by atoms with van der Waals surface area (Å²) in [7, 11) is 0. The molecule has 128 valence electrons. The van der Waals surface area contributed by atoms with Crippen molar-refractivity contribution in [3.63, 3.8) is 0 Å². The van der Waals surface area contributed by atoms with Crippen LogP contribution in [0.3, 0.4) is 0 Å². The molecule has 3 heterocycles. The van der Waals surface area contributed by atoms with E-state index in [2.05, 4.69) is 20.1 Å². The summed E-state index contributed by atoms with van der Waals surface area (Å²) in [5, 5.41) is 6.56. The Hall–Kier alpha value is -2.26. The lowest BCUT2D eigenvalue weighted by molar-refractivity contribution is 0.378. The van der Waals surface area contributed by atoms with Crippen molar-refractivity contribution < 1.29 is 13.3 Å². The zero-order valence-electron chi connectivity index (χ0n) is 12.8. The van der Waals surface area contributed by atoms with Gasteiger partial charge in [-0.15, -0.1) is 11.3 Å². The number of H-pyrrole nitrogens is 1. The van der Waals surface area contributed by atoms with Gasteiger partial charge in [0.2, 0.25) is 11.7 Å². The van der Waals surface area contributed by atoms with E-state index in [0.29, 0.717) is 34.3 Å². The van der Waals surface area contributed by atoms with Crippen LogP contribution in [0.4, 0.5) is 8.78 Å². The van der Waals surface area contributed by atoms with E-state index in [0.717, 1.165) is 29.2 Å². The molecule has 0 aliphatic rings. The Kier molecular flexibility index (Phi) is 4.50. The van der Waals surface area contributed by atoms with Gasteiger partial charge in [-0.1, -0.05) is 23.0 Å². The van der Waals surface area contributed by atoms with Gasteiger partial charge in [0.1, 0.15) is 0 Å². The number of imidazole rings is 1. The average Bonchev–Trinajstić information content (AvgIpc) is 3.32. The first-order valence-electron chi connectivity index (χ1n) is 7.53. The molecule has 9 heteroatoms. The quantitative estimate of drug-likeness (QED) is 0.390. The number of benzene rings is 1. The van der Waals surface area contributed by atoms with Gasteiger partial charge in [0.25, 0.3) is 0 Å². The van der Waals surface area contributed by atoms with E-state index in [4.69, 9.17) is 4.52 Å². The number of aromatic amines is 1. The van der Waals surface area contributed by atoms with Crippen molar-refractivity contribution in [3.8, 4) is 10.7 Å². The van der Waals surface area contributed by atoms with Gasteiger partial charge in [0.15, 0.2) is 16.8 Å². The summed E-state index contributed by atoms with van der Waals surface area (Å²) >= 11 is 3.05. The summed E-state index contributed by atoms with van der Waals surface area (Å²) in [4.78, 5) is 12.6. The lowest BCUT2D eigenvalue weighted by Crippen LogP contribution is -1.89. The molecule has 4 aromatic rings. The fourth-order valence-electron chi connectivity index (χ4n) is 2.30. The van der Waals surface area contributed by atoms with Gasteiger partial charge < -0.3 is 9.51 Å². The molecule has 0 fully saturated rings. The SMILES string of the molecule is Fc1cc2nc(SCCCc3nc(-c4cccs4)no3)[nH]c2cc1F. The predicted octanol–water partition coefficient (Wildman–Crippen LogP) is 4.68. The number of thiophene rings is 1. The van der Waals surface area contributed by atoms with Crippen molar-refractivity contribution in [2.45, 2.75) is 18.0 Å². The third-order valence-corrected chi connectivity index (χ3v) is 5.31. The first-order chi connectivity index (χ1) is 12.2. The van der Waals surface area contributed by atoms with Crippen LogP contribution >= 0.6 is 23.1 Å². The van der Waals surface area contributed by atoms with Crippen molar-refractivity contribution in [2.24, 2.45) is 0 Å². The molecule has 5 nitrogen and oxygen atoms in total. The van der Waals surface area contributed by atoms with E-state index in [1.807, 2.05) is 17.5 Å².